The molecule has 92 valence electrons. The molecule has 1 aliphatic heterocycles. The smallest absolute Gasteiger partial charge is 0.254 e. The van der Waals surface area contributed by atoms with Crippen molar-refractivity contribution in [2.24, 2.45) is 0 Å². The fourth-order valence-corrected chi connectivity index (χ4v) is 1.95. The molecule has 17 heavy (non-hydrogen) atoms. The highest BCUT2D eigenvalue weighted by Gasteiger charge is 2.20. The molecule has 1 N–H and O–H groups in total. The number of hydrogen-bond acceptors (Lipinski definition) is 3. The summed E-state index contributed by atoms with van der Waals surface area (Å²) < 4.78 is 5.18. The number of phenolic OH excluding ortho intramolecular Hbond substituents is 1. The molecular formula is C12H14ClNO3. The van der Waals surface area contributed by atoms with E-state index < -0.39 is 0 Å². The van der Waals surface area contributed by atoms with E-state index in [0.29, 0.717) is 42.5 Å². The molecule has 1 fully saturated rings. The van der Waals surface area contributed by atoms with Crippen molar-refractivity contribution in [3.8, 4) is 5.75 Å². The molecule has 0 bridgehead atoms. The maximum absolute atomic E-state index is 12.1. The lowest BCUT2D eigenvalue weighted by Crippen LogP contribution is -2.40. The Morgan fingerprint density at radius 2 is 2.06 bits per heavy atom. The van der Waals surface area contributed by atoms with Crippen molar-refractivity contribution in [2.75, 3.05) is 26.3 Å². The van der Waals surface area contributed by atoms with Gasteiger partial charge >= 0.3 is 0 Å². The van der Waals surface area contributed by atoms with Crippen LogP contribution in [0, 0.1) is 6.92 Å². The molecule has 1 aliphatic rings. The van der Waals surface area contributed by atoms with Gasteiger partial charge in [-0.3, -0.25) is 4.79 Å². The van der Waals surface area contributed by atoms with Gasteiger partial charge in [0.25, 0.3) is 5.91 Å². The summed E-state index contributed by atoms with van der Waals surface area (Å²) in [5.41, 5.74) is 1.00. The predicted octanol–water partition coefficient (Wildman–Crippen LogP) is 1.83. The molecule has 0 aliphatic carbocycles. The van der Waals surface area contributed by atoms with Gasteiger partial charge in [0.15, 0.2) is 0 Å². The third-order valence-electron chi connectivity index (χ3n) is 2.86. The van der Waals surface area contributed by atoms with E-state index in [-0.39, 0.29) is 11.7 Å². The second-order valence-corrected chi connectivity index (χ2v) is 4.41. The maximum Gasteiger partial charge on any atom is 0.254 e. The average molecular weight is 256 g/mol. The van der Waals surface area contributed by atoms with Crippen LogP contribution in [0.3, 0.4) is 0 Å². The van der Waals surface area contributed by atoms with Crippen LogP contribution in [-0.4, -0.2) is 42.2 Å². The van der Waals surface area contributed by atoms with Gasteiger partial charge in [0.05, 0.1) is 13.2 Å². The number of phenols is 1. The number of benzene rings is 1. The fraction of sp³-hybridized carbons (Fsp3) is 0.417. The van der Waals surface area contributed by atoms with E-state index in [1.54, 1.807) is 17.9 Å². The van der Waals surface area contributed by atoms with Crippen LogP contribution in [0.25, 0.3) is 0 Å². The molecule has 1 heterocycles. The summed E-state index contributed by atoms with van der Waals surface area (Å²) in [6.45, 7) is 3.96. The second-order valence-electron chi connectivity index (χ2n) is 4.01. The third-order valence-corrected chi connectivity index (χ3v) is 3.25. The molecule has 5 heteroatoms. The minimum atomic E-state index is -0.120. The highest BCUT2D eigenvalue weighted by atomic mass is 35.5. The van der Waals surface area contributed by atoms with Crippen LogP contribution >= 0.6 is 11.6 Å². The summed E-state index contributed by atoms with van der Waals surface area (Å²) in [7, 11) is 0. The maximum atomic E-state index is 12.1. The van der Waals surface area contributed by atoms with E-state index in [0.717, 1.165) is 0 Å². The van der Waals surface area contributed by atoms with Crippen LogP contribution in [0.4, 0.5) is 0 Å². The first kappa shape index (κ1) is 12.2. The van der Waals surface area contributed by atoms with Gasteiger partial charge in [-0.1, -0.05) is 11.6 Å². The summed E-state index contributed by atoms with van der Waals surface area (Å²) >= 11 is 5.95. The topological polar surface area (TPSA) is 49.8 Å². The van der Waals surface area contributed by atoms with Gasteiger partial charge in [0.2, 0.25) is 0 Å². The first-order valence-corrected chi connectivity index (χ1v) is 5.83. The monoisotopic (exact) mass is 255 g/mol. The van der Waals surface area contributed by atoms with Gasteiger partial charge in [-0.25, -0.2) is 0 Å². The number of halogens is 1. The first-order chi connectivity index (χ1) is 8.09. The SMILES string of the molecule is Cc1c(O)cc(C(=O)N2CCOCC2)cc1Cl. The van der Waals surface area contributed by atoms with Gasteiger partial charge in [0, 0.05) is 29.2 Å². The van der Waals surface area contributed by atoms with Gasteiger partial charge < -0.3 is 14.7 Å². The summed E-state index contributed by atoms with van der Waals surface area (Å²) in [4.78, 5) is 13.8. The van der Waals surface area contributed by atoms with Crippen LogP contribution in [0.5, 0.6) is 5.75 Å². The molecule has 2 rings (SSSR count). The zero-order valence-electron chi connectivity index (χ0n) is 9.57. The van der Waals surface area contributed by atoms with Crippen molar-refractivity contribution in [2.45, 2.75) is 6.92 Å². The molecule has 0 radical (unpaired) electrons. The molecule has 0 unspecified atom stereocenters. The number of aromatic hydroxyl groups is 1. The van der Waals surface area contributed by atoms with Crippen LogP contribution in [0.1, 0.15) is 15.9 Å². The van der Waals surface area contributed by atoms with Crippen molar-refractivity contribution in [3.05, 3.63) is 28.3 Å². The van der Waals surface area contributed by atoms with Crippen LogP contribution in [0.15, 0.2) is 12.1 Å². The Hall–Kier alpha value is -1.26. The van der Waals surface area contributed by atoms with E-state index in [4.69, 9.17) is 16.3 Å². The number of carbonyl (C=O) groups excluding carboxylic acids is 1. The molecule has 0 spiro atoms. The zero-order chi connectivity index (χ0) is 12.4. The summed E-state index contributed by atoms with van der Waals surface area (Å²) in [6, 6.07) is 3.05. The van der Waals surface area contributed by atoms with Crippen LogP contribution in [-0.2, 0) is 4.74 Å². The van der Waals surface area contributed by atoms with E-state index in [9.17, 15) is 9.90 Å². The Labute approximate surface area is 105 Å². The fourth-order valence-electron chi connectivity index (χ4n) is 1.74. The molecule has 1 aromatic carbocycles. The number of carbonyl (C=O) groups is 1. The van der Waals surface area contributed by atoms with Crippen molar-refractivity contribution >= 4 is 17.5 Å². The van der Waals surface area contributed by atoms with Crippen LogP contribution < -0.4 is 0 Å². The zero-order valence-corrected chi connectivity index (χ0v) is 10.3. The van der Waals surface area contributed by atoms with E-state index in [1.165, 1.54) is 6.07 Å². The van der Waals surface area contributed by atoms with E-state index >= 15 is 0 Å². The highest BCUT2D eigenvalue weighted by molar-refractivity contribution is 6.32. The van der Waals surface area contributed by atoms with Crippen molar-refractivity contribution in [3.63, 3.8) is 0 Å². The molecule has 0 saturated carbocycles. The minimum absolute atomic E-state index is 0.0501. The number of nitrogens with zero attached hydrogens (tertiary/aromatic N) is 1. The summed E-state index contributed by atoms with van der Waals surface area (Å²) in [6.07, 6.45) is 0. The number of rotatable bonds is 1. The lowest BCUT2D eigenvalue weighted by Gasteiger charge is -2.27. The minimum Gasteiger partial charge on any atom is -0.508 e. The Kier molecular flexibility index (Phi) is 3.54. The number of amides is 1. The Balaban J connectivity index is 2.24. The van der Waals surface area contributed by atoms with E-state index in [2.05, 4.69) is 0 Å². The Morgan fingerprint density at radius 3 is 2.65 bits per heavy atom. The number of ether oxygens (including phenoxy) is 1. The first-order valence-electron chi connectivity index (χ1n) is 5.45. The van der Waals surface area contributed by atoms with Gasteiger partial charge in [-0.05, 0) is 19.1 Å². The number of morpholine rings is 1. The molecule has 0 atom stereocenters. The Morgan fingerprint density at radius 1 is 1.41 bits per heavy atom. The summed E-state index contributed by atoms with van der Waals surface area (Å²) in [5.74, 6) is -0.0698. The van der Waals surface area contributed by atoms with Gasteiger partial charge in [-0.2, -0.15) is 0 Å². The van der Waals surface area contributed by atoms with Gasteiger partial charge in [0.1, 0.15) is 5.75 Å². The van der Waals surface area contributed by atoms with Crippen LogP contribution in [0.2, 0.25) is 5.02 Å². The van der Waals surface area contributed by atoms with Crippen molar-refractivity contribution < 1.29 is 14.6 Å². The average Bonchev–Trinajstić information content (AvgIpc) is 2.35. The molecule has 1 aromatic rings. The highest BCUT2D eigenvalue weighted by Crippen LogP contribution is 2.27. The molecular weight excluding hydrogens is 242 g/mol. The second kappa shape index (κ2) is 4.94. The predicted molar refractivity (Wildman–Crippen MR) is 64.6 cm³/mol. The van der Waals surface area contributed by atoms with E-state index in [1.807, 2.05) is 0 Å². The molecule has 1 saturated heterocycles. The standard InChI is InChI=1S/C12H14ClNO3/c1-8-10(13)6-9(7-11(8)15)12(16)14-2-4-17-5-3-14/h6-7,15H,2-5H2,1H3. The molecule has 0 aromatic heterocycles. The number of hydrogen-bond donors (Lipinski definition) is 1. The molecule has 4 nitrogen and oxygen atoms in total. The lowest BCUT2D eigenvalue weighted by atomic mass is 10.1. The van der Waals surface area contributed by atoms with Gasteiger partial charge in [-0.15, -0.1) is 0 Å². The normalized spacial score (nSPS) is 16.0. The third kappa shape index (κ3) is 2.53. The molecule has 1 amide bonds. The van der Waals surface area contributed by atoms with Crippen molar-refractivity contribution in [1.29, 1.82) is 0 Å². The lowest BCUT2D eigenvalue weighted by molar-refractivity contribution is 0.0302. The largest absolute Gasteiger partial charge is 0.508 e. The van der Waals surface area contributed by atoms with Crippen molar-refractivity contribution in [1.82, 2.24) is 4.90 Å². The Bertz CT molecular complexity index is 418. The quantitative estimate of drug-likeness (QED) is 0.833. The summed E-state index contributed by atoms with van der Waals surface area (Å²) in [5, 5.41) is 10.1.